The number of carbonyl (C=O) groups is 3. The van der Waals surface area contributed by atoms with Crippen LogP contribution in [0.5, 0.6) is 0 Å². The first-order valence-electron chi connectivity index (χ1n) is 12.4. The SMILES string of the molecule is O=C(C[C@]1(c2ccccc2)CC(=O)N(Cc2ccncc2)C1=O)N1CCN(Cc2ccccc2)CC1. The number of hydrogen-bond acceptors (Lipinski definition) is 5. The summed E-state index contributed by atoms with van der Waals surface area (Å²) in [5, 5.41) is 0. The van der Waals surface area contributed by atoms with E-state index in [0.29, 0.717) is 13.1 Å². The van der Waals surface area contributed by atoms with E-state index in [0.717, 1.165) is 30.8 Å². The van der Waals surface area contributed by atoms with Crippen molar-refractivity contribution < 1.29 is 14.4 Å². The van der Waals surface area contributed by atoms with Gasteiger partial charge in [0.25, 0.3) is 0 Å². The van der Waals surface area contributed by atoms with Crippen LogP contribution >= 0.6 is 0 Å². The normalized spacial score (nSPS) is 20.7. The van der Waals surface area contributed by atoms with E-state index in [4.69, 9.17) is 0 Å². The molecular formula is C29H30N4O3. The van der Waals surface area contributed by atoms with E-state index in [1.54, 1.807) is 24.5 Å². The van der Waals surface area contributed by atoms with E-state index in [9.17, 15) is 14.4 Å². The average Bonchev–Trinajstić information content (AvgIpc) is 3.15. The number of piperazine rings is 1. The monoisotopic (exact) mass is 482 g/mol. The maximum Gasteiger partial charge on any atom is 0.241 e. The molecule has 0 bridgehead atoms. The van der Waals surface area contributed by atoms with Crippen LogP contribution in [0.4, 0.5) is 0 Å². The van der Waals surface area contributed by atoms with E-state index in [-0.39, 0.29) is 37.1 Å². The number of pyridine rings is 1. The summed E-state index contributed by atoms with van der Waals surface area (Å²) in [5.74, 6) is -0.627. The molecule has 7 nitrogen and oxygen atoms in total. The lowest BCUT2D eigenvalue weighted by Crippen LogP contribution is -2.50. The molecule has 3 aromatic rings. The molecule has 2 aromatic carbocycles. The third kappa shape index (κ3) is 4.93. The molecule has 3 amide bonds. The van der Waals surface area contributed by atoms with Gasteiger partial charge in [-0.05, 0) is 28.8 Å². The molecule has 36 heavy (non-hydrogen) atoms. The van der Waals surface area contributed by atoms with Gasteiger partial charge in [-0.15, -0.1) is 0 Å². The zero-order valence-corrected chi connectivity index (χ0v) is 20.3. The minimum Gasteiger partial charge on any atom is -0.340 e. The third-order valence-corrected chi connectivity index (χ3v) is 7.25. The quantitative estimate of drug-likeness (QED) is 0.484. The van der Waals surface area contributed by atoms with Gasteiger partial charge in [0.05, 0.1) is 12.0 Å². The molecule has 2 saturated heterocycles. The standard InChI is InChI=1S/C29H30N4O3/c34-26(32-17-15-31(16-18-32)21-23-7-3-1-4-8-23)19-29(25-9-5-2-6-10-25)20-27(35)33(28(29)36)22-24-11-13-30-14-12-24/h1-14H,15-22H2/t29-/m1/s1. The largest absolute Gasteiger partial charge is 0.340 e. The highest BCUT2D eigenvalue weighted by atomic mass is 16.2. The van der Waals surface area contributed by atoms with E-state index in [2.05, 4.69) is 22.0 Å². The summed E-state index contributed by atoms with van der Waals surface area (Å²) in [4.78, 5) is 50.0. The Hall–Kier alpha value is -3.84. The summed E-state index contributed by atoms with van der Waals surface area (Å²) in [7, 11) is 0. The molecular weight excluding hydrogens is 452 g/mol. The molecule has 0 unspecified atom stereocenters. The minimum absolute atomic E-state index is 0.000637. The van der Waals surface area contributed by atoms with Gasteiger partial charge in [-0.3, -0.25) is 29.2 Å². The zero-order chi connectivity index (χ0) is 25.0. The van der Waals surface area contributed by atoms with Crippen LogP contribution in [0.2, 0.25) is 0 Å². The van der Waals surface area contributed by atoms with Crippen LogP contribution in [0.25, 0.3) is 0 Å². The van der Waals surface area contributed by atoms with Crippen LogP contribution in [0, 0.1) is 0 Å². The zero-order valence-electron chi connectivity index (χ0n) is 20.3. The van der Waals surface area contributed by atoms with E-state index in [1.807, 2.05) is 53.4 Å². The molecule has 1 aromatic heterocycles. The van der Waals surface area contributed by atoms with E-state index >= 15 is 0 Å². The third-order valence-electron chi connectivity index (χ3n) is 7.25. The first-order valence-corrected chi connectivity index (χ1v) is 12.4. The van der Waals surface area contributed by atoms with Crippen molar-refractivity contribution in [3.05, 3.63) is 102 Å². The predicted molar refractivity (Wildman–Crippen MR) is 135 cm³/mol. The lowest BCUT2D eigenvalue weighted by atomic mass is 9.75. The van der Waals surface area contributed by atoms with Crippen molar-refractivity contribution in [1.82, 2.24) is 19.7 Å². The van der Waals surface area contributed by atoms with Crippen LogP contribution in [0.3, 0.4) is 0 Å². The van der Waals surface area contributed by atoms with Crippen LogP contribution in [0.15, 0.2) is 85.2 Å². The summed E-state index contributed by atoms with van der Waals surface area (Å²) >= 11 is 0. The fourth-order valence-electron chi connectivity index (χ4n) is 5.22. The second kappa shape index (κ2) is 10.4. The number of amides is 3. The number of hydrogen-bond donors (Lipinski definition) is 0. The van der Waals surface area contributed by atoms with Gasteiger partial charge in [-0.1, -0.05) is 60.7 Å². The van der Waals surface area contributed by atoms with Gasteiger partial charge in [0.15, 0.2) is 0 Å². The van der Waals surface area contributed by atoms with Gasteiger partial charge in [0.1, 0.15) is 0 Å². The Labute approximate surface area is 211 Å². The maximum absolute atomic E-state index is 13.8. The summed E-state index contributed by atoms with van der Waals surface area (Å²) < 4.78 is 0. The second-order valence-corrected chi connectivity index (χ2v) is 9.58. The molecule has 2 aliphatic rings. The maximum atomic E-state index is 13.8. The molecule has 0 aliphatic carbocycles. The second-order valence-electron chi connectivity index (χ2n) is 9.58. The number of nitrogens with zero attached hydrogens (tertiary/aromatic N) is 4. The molecule has 2 fully saturated rings. The van der Waals surface area contributed by atoms with Crippen molar-refractivity contribution >= 4 is 17.7 Å². The van der Waals surface area contributed by atoms with Crippen molar-refractivity contribution in [2.24, 2.45) is 0 Å². The highest BCUT2D eigenvalue weighted by molar-refractivity contribution is 6.10. The summed E-state index contributed by atoms with van der Waals surface area (Å²) in [5.41, 5.74) is 1.63. The van der Waals surface area contributed by atoms with Crippen LogP contribution in [-0.2, 0) is 32.9 Å². The summed E-state index contributed by atoms with van der Waals surface area (Å²) in [6, 6.07) is 23.2. The molecule has 5 rings (SSSR count). The lowest BCUT2D eigenvalue weighted by Gasteiger charge is -2.36. The minimum atomic E-state index is -1.18. The van der Waals surface area contributed by atoms with Gasteiger partial charge in [-0.2, -0.15) is 0 Å². The number of rotatable bonds is 7. The van der Waals surface area contributed by atoms with Gasteiger partial charge < -0.3 is 4.90 Å². The molecule has 3 heterocycles. The van der Waals surface area contributed by atoms with Crippen molar-refractivity contribution in [3.63, 3.8) is 0 Å². The number of likely N-dealkylation sites (tertiary alicyclic amines) is 1. The highest BCUT2D eigenvalue weighted by Crippen LogP contribution is 2.41. The van der Waals surface area contributed by atoms with E-state index < -0.39 is 5.41 Å². The predicted octanol–water partition coefficient (Wildman–Crippen LogP) is 3.01. The van der Waals surface area contributed by atoms with Gasteiger partial charge in [0.2, 0.25) is 17.7 Å². The highest BCUT2D eigenvalue weighted by Gasteiger charge is 2.54. The summed E-state index contributed by atoms with van der Waals surface area (Å²) in [6.07, 6.45) is 3.28. The Bertz CT molecular complexity index is 1210. The fraction of sp³-hybridized carbons (Fsp3) is 0.310. The molecule has 1 atom stereocenters. The van der Waals surface area contributed by atoms with Crippen molar-refractivity contribution in [2.45, 2.75) is 31.3 Å². The number of carbonyl (C=O) groups excluding carboxylic acids is 3. The summed E-state index contributed by atoms with van der Waals surface area (Å²) in [6.45, 7) is 3.81. The van der Waals surface area contributed by atoms with E-state index in [1.165, 1.54) is 10.5 Å². The Balaban J connectivity index is 1.31. The molecule has 0 saturated carbocycles. The Morgan fingerprint density at radius 1 is 0.778 bits per heavy atom. The Morgan fingerprint density at radius 2 is 1.39 bits per heavy atom. The lowest BCUT2D eigenvalue weighted by molar-refractivity contribution is -0.143. The fourth-order valence-corrected chi connectivity index (χ4v) is 5.22. The first-order chi connectivity index (χ1) is 17.5. The van der Waals surface area contributed by atoms with Crippen molar-refractivity contribution in [1.29, 1.82) is 0 Å². The number of imide groups is 1. The Kier molecular flexibility index (Phi) is 6.91. The molecule has 0 spiro atoms. The van der Waals surface area contributed by atoms with Crippen molar-refractivity contribution in [2.75, 3.05) is 26.2 Å². The number of benzene rings is 2. The van der Waals surface area contributed by atoms with Gasteiger partial charge in [-0.25, -0.2) is 0 Å². The van der Waals surface area contributed by atoms with Crippen LogP contribution in [-0.4, -0.2) is 63.6 Å². The Morgan fingerprint density at radius 3 is 2.06 bits per heavy atom. The molecule has 0 N–H and O–H groups in total. The smallest absolute Gasteiger partial charge is 0.241 e. The average molecular weight is 483 g/mol. The molecule has 184 valence electrons. The molecule has 7 heteroatoms. The first kappa shape index (κ1) is 23.9. The van der Waals surface area contributed by atoms with Crippen LogP contribution < -0.4 is 0 Å². The van der Waals surface area contributed by atoms with Crippen molar-refractivity contribution in [3.8, 4) is 0 Å². The van der Waals surface area contributed by atoms with Crippen LogP contribution in [0.1, 0.15) is 29.5 Å². The van der Waals surface area contributed by atoms with Gasteiger partial charge in [0, 0.05) is 58.0 Å². The topological polar surface area (TPSA) is 73.8 Å². The van der Waals surface area contributed by atoms with Gasteiger partial charge >= 0.3 is 0 Å². The number of aromatic nitrogens is 1. The molecule has 0 radical (unpaired) electrons. The molecule has 2 aliphatic heterocycles.